The van der Waals surface area contributed by atoms with Crippen molar-refractivity contribution in [2.24, 2.45) is 0 Å². The van der Waals surface area contributed by atoms with Gasteiger partial charge in [0.1, 0.15) is 0 Å². The molecule has 5 nitrogen and oxygen atoms in total. The van der Waals surface area contributed by atoms with Gasteiger partial charge in [-0.05, 0) is 25.1 Å². The molecule has 1 aromatic rings. The SMILES string of the molecule is CC(O)C(Nc1ccc(C#N)c(C(F)(F)F)c1)C(=O)O. The zero-order valence-corrected chi connectivity index (χ0v) is 10.3. The first kappa shape index (κ1) is 15.8. The van der Waals surface area contributed by atoms with Crippen LogP contribution in [0.3, 0.4) is 0 Å². The number of aliphatic hydroxyl groups is 1. The Hall–Kier alpha value is -2.27. The van der Waals surface area contributed by atoms with E-state index >= 15 is 0 Å². The summed E-state index contributed by atoms with van der Waals surface area (Å²) in [6.07, 6.45) is -6.04. The fourth-order valence-corrected chi connectivity index (χ4v) is 1.53. The Labute approximate surface area is 112 Å². The van der Waals surface area contributed by atoms with Gasteiger partial charge < -0.3 is 15.5 Å². The molecule has 3 N–H and O–H groups in total. The number of carboxylic acids is 1. The summed E-state index contributed by atoms with van der Waals surface area (Å²) in [5.74, 6) is -1.40. The second kappa shape index (κ2) is 5.79. The lowest BCUT2D eigenvalue weighted by Gasteiger charge is -2.19. The van der Waals surface area contributed by atoms with Crippen molar-refractivity contribution in [3.05, 3.63) is 29.3 Å². The highest BCUT2D eigenvalue weighted by Crippen LogP contribution is 2.33. The van der Waals surface area contributed by atoms with Crippen LogP contribution in [0.5, 0.6) is 0 Å². The second-order valence-corrected chi connectivity index (χ2v) is 4.07. The van der Waals surface area contributed by atoms with Gasteiger partial charge in [0.15, 0.2) is 6.04 Å². The van der Waals surface area contributed by atoms with Crippen LogP contribution in [0.25, 0.3) is 0 Å². The van der Waals surface area contributed by atoms with E-state index in [0.717, 1.165) is 12.1 Å². The third-order valence-corrected chi connectivity index (χ3v) is 2.52. The van der Waals surface area contributed by atoms with Crippen LogP contribution in [0.4, 0.5) is 18.9 Å². The lowest BCUT2D eigenvalue weighted by molar-refractivity contribution is -0.140. The van der Waals surface area contributed by atoms with Crippen molar-refractivity contribution in [2.75, 3.05) is 5.32 Å². The largest absolute Gasteiger partial charge is 0.480 e. The summed E-state index contributed by atoms with van der Waals surface area (Å²) in [7, 11) is 0. The molecule has 0 bridgehead atoms. The highest BCUT2D eigenvalue weighted by atomic mass is 19.4. The number of hydrogen-bond acceptors (Lipinski definition) is 4. The number of aliphatic hydroxyl groups excluding tert-OH is 1. The first-order valence-electron chi connectivity index (χ1n) is 5.45. The van der Waals surface area contributed by atoms with E-state index in [1.165, 1.54) is 13.0 Å². The third-order valence-electron chi connectivity index (χ3n) is 2.52. The van der Waals surface area contributed by atoms with E-state index < -0.39 is 35.4 Å². The Balaban J connectivity index is 3.16. The monoisotopic (exact) mass is 288 g/mol. The Morgan fingerprint density at radius 3 is 2.45 bits per heavy atom. The lowest BCUT2D eigenvalue weighted by atomic mass is 10.1. The molecule has 1 aromatic carbocycles. The van der Waals surface area contributed by atoms with Crippen molar-refractivity contribution in [1.82, 2.24) is 0 Å². The lowest BCUT2D eigenvalue weighted by Crippen LogP contribution is -2.39. The topological polar surface area (TPSA) is 93.4 Å². The van der Waals surface area contributed by atoms with Crippen molar-refractivity contribution in [2.45, 2.75) is 25.2 Å². The average molecular weight is 288 g/mol. The Kier molecular flexibility index (Phi) is 4.57. The Morgan fingerprint density at radius 1 is 1.45 bits per heavy atom. The molecule has 0 spiro atoms. The molecule has 1 rings (SSSR count). The number of halogens is 3. The molecule has 0 fully saturated rings. The molecular weight excluding hydrogens is 277 g/mol. The fourth-order valence-electron chi connectivity index (χ4n) is 1.53. The minimum atomic E-state index is -4.73. The molecule has 2 atom stereocenters. The normalized spacial score (nSPS) is 14.2. The predicted molar refractivity (Wildman–Crippen MR) is 62.9 cm³/mol. The molecule has 0 radical (unpaired) electrons. The third kappa shape index (κ3) is 3.61. The summed E-state index contributed by atoms with van der Waals surface area (Å²) in [5, 5.41) is 29.0. The number of carbonyl (C=O) groups is 1. The van der Waals surface area contributed by atoms with Gasteiger partial charge in [0.2, 0.25) is 0 Å². The number of aliphatic carboxylic acids is 1. The van der Waals surface area contributed by atoms with Gasteiger partial charge in [-0.15, -0.1) is 0 Å². The standard InChI is InChI=1S/C12H11F3N2O3/c1-6(18)10(11(19)20)17-8-3-2-7(5-16)9(4-8)12(13,14)15/h2-4,6,10,17-18H,1H3,(H,19,20). The Morgan fingerprint density at radius 2 is 2.05 bits per heavy atom. The summed E-state index contributed by atoms with van der Waals surface area (Å²) < 4.78 is 38.2. The van der Waals surface area contributed by atoms with Crippen LogP contribution in [-0.4, -0.2) is 28.3 Å². The van der Waals surface area contributed by atoms with Crippen molar-refractivity contribution in [3.8, 4) is 6.07 Å². The van der Waals surface area contributed by atoms with Crippen LogP contribution in [-0.2, 0) is 11.0 Å². The van der Waals surface area contributed by atoms with E-state index in [1.807, 2.05) is 0 Å². The predicted octanol–water partition coefficient (Wildman–Crippen LogP) is 1.82. The molecule has 0 aromatic heterocycles. The van der Waals surface area contributed by atoms with Crippen LogP contribution < -0.4 is 5.32 Å². The minimum absolute atomic E-state index is 0.148. The van der Waals surface area contributed by atoms with Crippen molar-refractivity contribution in [3.63, 3.8) is 0 Å². The molecule has 0 amide bonds. The summed E-state index contributed by atoms with van der Waals surface area (Å²) in [6.45, 7) is 1.19. The zero-order valence-electron chi connectivity index (χ0n) is 10.3. The van der Waals surface area contributed by atoms with Crippen LogP contribution >= 0.6 is 0 Å². The molecule has 0 aliphatic heterocycles. The van der Waals surface area contributed by atoms with Crippen molar-refractivity contribution < 1.29 is 28.2 Å². The Bertz CT molecular complexity index is 550. The molecular formula is C12H11F3N2O3. The molecule has 0 saturated heterocycles. The molecule has 0 heterocycles. The zero-order chi connectivity index (χ0) is 15.5. The summed E-state index contributed by atoms with van der Waals surface area (Å²) in [4.78, 5) is 10.9. The maximum atomic E-state index is 12.7. The highest BCUT2D eigenvalue weighted by molar-refractivity contribution is 5.78. The average Bonchev–Trinajstić information content (AvgIpc) is 2.33. The second-order valence-electron chi connectivity index (χ2n) is 4.07. The van der Waals surface area contributed by atoms with Crippen LogP contribution in [0.1, 0.15) is 18.1 Å². The van der Waals surface area contributed by atoms with Crippen molar-refractivity contribution >= 4 is 11.7 Å². The molecule has 0 saturated carbocycles. The van der Waals surface area contributed by atoms with Gasteiger partial charge in [-0.1, -0.05) is 0 Å². The van der Waals surface area contributed by atoms with Gasteiger partial charge in [0.05, 0.1) is 23.3 Å². The number of anilines is 1. The molecule has 0 aliphatic carbocycles. The first-order valence-corrected chi connectivity index (χ1v) is 5.45. The number of benzene rings is 1. The van der Waals surface area contributed by atoms with Gasteiger partial charge >= 0.3 is 12.1 Å². The molecule has 108 valence electrons. The minimum Gasteiger partial charge on any atom is -0.480 e. The van der Waals surface area contributed by atoms with E-state index in [2.05, 4.69) is 5.32 Å². The van der Waals surface area contributed by atoms with E-state index in [0.29, 0.717) is 6.07 Å². The van der Waals surface area contributed by atoms with Gasteiger partial charge in [0, 0.05) is 5.69 Å². The van der Waals surface area contributed by atoms with Crippen LogP contribution in [0.15, 0.2) is 18.2 Å². The number of carboxylic acid groups (broad SMARTS) is 1. The van der Waals surface area contributed by atoms with E-state index in [-0.39, 0.29) is 5.69 Å². The summed E-state index contributed by atoms with van der Waals surface area (Å²) >= 11 is 0. The van der Waals surface area contributed by atoms with Gasteiger partial charge in [-0.3, -0.25) is 0 Å². The van der Waals surface area contributed by atoms with E-state index in [9.17, 15) is 23.1 Å². The van der Waals surface area contributed by atoms with Crippen LogP contribution in [0.2, 0.25) is 0 Å². The van der Waals surface area contributed by atoms with Gasteiger partial charge in [-0.2, -0.15) is 18.4 Å². The number of hydrogen-bond donors (Lipinski definition) is 3. The number of nitrogens with one attached hydrogen (secondary N) is 1. The fraction of sp³-hybridized carbons (Fsp3) is 0.333. The molecule has 8 heteroatoms. The highest BCUT2D eigenvalue weighted by Gasteiger charge is 2.34. The summed E-state index contributed by atoms with van der Waals surface area (Å²) in [6, 6.07) is 2.68. The molecule has 2 unspecified atom stereocenters. The van der Waals surface area contributed by atoms with Crippen LogP contribution in [0, 0.1) is 11.3 Å². The maximum absolute atomic E-state index is 12.7. The van der Waals surface area contributed by atoms with Gasteiger partial charge in [0.25, 0.3) is 0 Å². The smallest absolute Gasteiger partial charge is 0.417 e. The number of nitriles is 1. The quantitative estimate of drug-likeness (QED) is 0.785. The first-order chi connectivity index (χ1) is 9.16. The molecule has 0 aliphatic rings. The summed E-state index contributed by atoms with van der Waals surface area (Å²) in [5.41, 5.74) is -1.88. The number of nitrogens with zero attached hydrogens (tertiary/aromatic N) is 1. The number of rotatable bonds is 4. The maximum Gasteiger partial charge on any atom is 0.417 e. The van der Waals surface area contributed by atoms with Gasteiger partial charge in [-0.25, -0.2) is 4.79 Å². The molecule has 20 heavy (non-hydrogen) atoms. The van der Waals surface area contributed by atoms with E-state index in [4.69, 9.17) is 10.4 Å². The van der Waals surface area contributed by atoms with E-state index in [1.54, 1.807) is 0 Å². The number of alkyl halides is 3. The van der Waals surface area contributed by atoms with Crippen molar-refractivity contribution in [1.29, 1.82) is 5.26 Å².